The van der Waals surface area contributed by atoms with Gasteiger partial charge in [-0.2, -0.15) is 13.2 Å². The van der Waals surface area contributed by atoms with Crippen molar-refractivity contribution in [3.8, 4) is 0 Å². The van der Waals surface area contributed by atoms with Crippen molar-refractivity contribution in [1.29, 1.82) is 0 Å². The molecule has 1 heterocycles. The fourth-order valence-electron chi connectivity index (χ4n) is 3.72. The minimum absolute atomic E-state index is 0.000837. The maximum absolute atomic E-state index is 14.1. The van der Waals surface area contributed by atoms with Gasteiger partial charge in [-0.25, -0.2) is 4.39 Å². The first-order valence-corrected chi connectivity index (χ1v) is 10.8. The van der Waals surface area contributed by atoms with Gasteiger partial charge in [0.2, 0.25) is 11.8 Å². The first-order valence-electron chi connectivity index (χ1n) is 10.8. The number of carbonyl (C=O) groups excluding carboxylic acids is 2. The smallest absolute Gasteiger partial charge is 0.374 e. The largest absolute Gasteiger partial charge is 0.416 e. The van der Waals surface area contributed by atoms with Gasteiger partial charge in [0.15, 0.2) is 0 Å². The van der Waals surface area contributed by atoms with Crippen LogP contribution in [0.25, 0.3) is 0 Å². The monoisotopic (exact) mass is 482 g/mol. The van der Waals surface area contributed by atoms with Gasteiger partial charge in [0.25, 0.3) is 0 Å². The lowest BCUT2D eigenvalue weighted by atomic mass is 10.0. The lowest BCUT2D eigenvalue weighted by Crippen LogP contribution is -2.54. The van der Waals surface area contributed by atoms with Crippen LogP contribution in [0.3, 0.4) is 0 Å². The molecule has 0 aromatic heterocycles. The van der Waals surface area contributed by atoms with Crippen molar-refractivity contribution >= 4 is 11.8 Å². The number of ether oxygens (including phenoxy) is 2. The molecule has 10 heteroatoms. The number of hydrogen-bond acceptors (Lipinski definition) is 4. The van der Waals surface area contributed by atoms with E-state index in [4.69, 9.17) is 9.47 Å². The van der Waals surface area contributed by atoms with Crippen molar-refractivity contribution in [2.75, 3.05) is 26.3 Å². The van der Waals surface area contributed by atoms with Crippen LogP contribution in [0.5, 0.6) is 0 Å². The molecule has 0 radical (unpaired) electrons. The molecule has 2 aromatic carbocycles. The molecule has 0 spiro atoms. The summed E-state index contributed by atoms with van der Waals surface area (Å²) in [6.45, 7) is 2.00. The van der Waals surface area contributed by atoms with Gasteiger partial charge in [0, 0.05) is 26.4 Å². The normalized spacial score (nSPS) is 17.3. The summed E-state index contributed by atoms with van der Waals surface area (Å²) in [5, 5.41) is 2.59. The van der Waals surface area contributed by atoms with Crippen LogP contribution in [-0.2, 0) is 38.3 Å². The first-order chi connectivity index (χ1) is 16.1. The number of amides is 2. The molecule has 2 unspecified atom stereocenters. The minimum Gasteiger partial charge on any atom is -0.374 e. The lowest BCUT2D eigenvalue weighted by molar-refractivity contribution is -0.145. The van der Waals surface area contributed by atoms with Crippen molar-refractivity contribution in [1.82, 2.24) is 10.2 Å². The maximum Gasteiger partial charge on any atom is 0.416 e. The summed E-state index contributed by atoms with van der Waals surface area (Å²) in [4.78, 5) is 26.3. The number of hydrogen-bond donors (Lipinski definition) is 1. The molecule has 0 saturated carbocycles. The molecule has 1 aliphatic rings. The van der Waals surface area contributed by atoms with E-state index in [9.17, 15) is 27.2 Å². The molecule has 2 aromatic rings. The van der Waals surface area contributed by atoms with E-state index in [0.29, 0.717) is 11.1 Å². The van der Waals surface area contributed by atoms with Crippen molar-refractivity contribution in [2.45, 2.75) is 38.3 Å². The fourth-order valence-corrected chi connectivity index (χ4v) is 3.72. The van der Waals surface area contributed by atoms with E-state index in [-0.39, 0.29) is 45.2 Å². The van der Waals surface area contributed by atoms with Crippen LogP contribution in [0.1, 0.15) is 23.6 Å². The average Bonchev–Trinajstić information content (AvgIpc) is 2.79. The van der Waals surface area contributed by atoms with Crippen molar-refractivity contribution in [3.05, 3.63) is 71.0 Å². The molecular formula is C24H26F4N2O4. The van der Waals surface area contributed by atoms with Crippen molar-refractivity contribution < 1.29 is 36.6 Å². The Hall–Kier alpha value is -2.98. The van der Waals surface area contributed by atoms with Crippen LogP contribution in [0.2, 0.25) is 0 Å². The number of benzene rings is 2. The second kappa shape index (κ2) is 11.4. The number of morpholine rings is 1. The number of nitrogens with one attached hydrogen (secondary N) is 1. The molecule has 6 nitrogen and oxygen atoms in total. The van der Waals surface area contributed by atoms with Gasteiger partial charge in [-0.15, -0.1) is 0 Å². The second-order valence-corrected chi connectivity index (χ2v) is 8.04. The molecular weight excluding hydrogens is 456 g/mol. The highest BCUT2D eigenvalue weighted by molar-refractivity contribution is 5.87. The van der Waals surface area contributed by atoms with Gasteiger partial charge >= 0.3 is 6.18 Å². The Labute approximate surface area is 194 Å². The van der Waals surface area contributed by atoms with E-state index in [1.807, 2.05) is 0 Å². The predicted molar refractivity (Wildman–Crippen MR) is 115 cm³/mol. The number of carbonyl (C=O) groups is 2. The molecule has 1 aliphatic heterocycles. The number of alkyl halides is 3. The summed E-state index contributed by atoms with van der Waals surface area (Å²) in [6, 6.07) is 9.96. The van der Waals surface area contributed by atoms with E-state index in [0.717, 1.165) is 12.1 Å². The van der Waals surface area contributed by atoms with E-state index >= 15 is 0 Å². The van der Waals surface area contributed by atoms with Crippen LogP contribution >= 0.6 is 0 Å². The summed E-state index contributed by atoms with van der Waals surface area (Å²) in [5.74, 6) is -1.25. The second-order valence-electron chi connectivity index (χ2n) is 8.04. The Bertz CT molecular complexity index is 999. The van der Waals surface area contributed by atoms with Crippen molar-refractivity contribution in [2.24, 2.45) is 0 Å². The molecule has 2 atom stereocenters. The Morgan fingerprint density at radius 2 is 1.97 bits per heavy atom. The summed E-state index contributed by atoms with van der Waals surface area (Å²) in [5.41, 5.74) is -0.0730. The Balaban J connectivity index is 1.57. The highest BCUT2D eigenvalue weighted by Gasteiger charge is 2.32. The summed E-state index contributed by atoms with van der Waals surface area (Å²) in [6.07, 6.45) is -4.93. The van der Waals surface area contributed by atoms with E-state index in [1.165, 1.54) is 30.0 Å². The van der Waals surface area contributed by atoms with Crippen LogP contribution in [0.15, 0.2) is 48.5 Å². The quantitative estimate of drug-likeness (QED) is 0.587. The number of halogens is 4. The van der Waals surface area contributed by atoms with Crippen molar-refractivity contribution in [3.63, 3.8) is 0 Å². The minimum atomic E-state index is -4.43. The fraction of sp³-hybridized carbons (Fsp3) is 0.417. The summed E-state index contributed by atoms with van der Waals surface area (Å²) >= 11 is 0. The van der Waals surface area contributed by atoms with Crippen LogP contribution < -0.4 is 5.32 Å². The van der Waals surface area contributed by atoms with E-state index < -0.39 is 35.6 Å². The molecule has 184 valence electrons. The number of nitrogens with zero attached hydrogens (tertiary/aromatic N) is 1. The van der Waals surface area contributed by atoms with E-state index in [2.05, 4.69) is 5.32 Å². The van der Waals surface area contributed by atoms with Gasteiger partial charge in [0.1, 0.15) is 11.9 Å². The number of rotatable bonds is 8. The zero-order chi connectivity index (χ0) is 24.7. The van der Waals surface area contributed by atoms with E-state index in [1.54, 1.807) is 18.2 Å². The third kappa shape index (κ3) is 7.26. The van der Waals surface area contributed by atoms with Gasteiger partial charge in [-0.3, -0.25) is 9.59 Å². The Kier molecular flexibility index (Phi) is 8.62. The zero-order valence-electron chi connectivity index (χ0n) is 18.6. The molecule has 0 bridgehead atoms. The molecule has 2 amide bonds. The summed E-state index contributed by atoms with van der Waals surface area (Å²) in [7, 11) is 0. The van der Waals surface area contributed by atoms with Gasteiger partial charge < -0.3 is 19.7 Å². The average molecular weight is 482 g/mol. The SMILES string of the molecule is CC(=O)NC(Cc1ccccc1F)C(=O)N1CCOC(COCc2cccc(C(F)(F)F)c2)C1. The molecule has 1 N–H and O–H groups in total. The van der Waals surface area contributed by atoms with Crippen LogP contribution in [0, 0.1) is 5.82 Å². The third-order valence-corrected chi connectivity index (χ3v) is 5.33. The third-order valence-electron chi connectivity index (χ3n) is 5.33. The standard InChI is InChI=1S/C24H26F4N2O4/c1-16(31)29-22(12-18-6-2-3-8-21(18)25)23(32)30-9-10-34-20(13-30)15-33-14-17-5-4-7-19(11-17)24(26,27)28/h2-8,11,20,22H,9-10,12-15H2,1H3,(H,29,31). The van der Waals surface area contributed by atoms with Gasteiger partial charge in [-0.1, -0.05) is 30.3 Å². The molecule has 3 rings (SSSR count). The van der Waals surface area contributed by atoms with Gasteiger partial charge in [0.05, 0.1) is 31.5 Å². The van der Waals surface area contributed by atoms with Gasteiger partial charge in [-0.05, 0) is 29.3 Å². The highest BCUT2D eigenvalue weighted by atomic mass is 19.4. The Morgan fingerprint density at radius 3 is 2.68 bits per heavy atom. The summed E-state index contributed by atoms with van der Waals surface area (Å²) < 4.78 is 63.8. The zero-order valence-corrected chi connectivity index (χ0v) is 18.6. The first kappa shape index (κ1) is 25.6. The molecule has 1 saturated heterocycles. The maximum atomic E-state index is 14.1. The molecule has 34 heavy (non-hydrogen) atoms. The molecule has 1 fully saturated rings. The predicted octanol–water partition coefficient (Wildman–Crippen LogP) is 3.34. The lowest BCUT2D eigenvalue weighted by Gasteiger charge is -2.35. The Morgan fingerprint density at radius 1 is 1.21 bits per heavy atom. The van der Waals surface area contributed by atoms with Crippen LogP contribution in [0.4, 0.5) is 17.6 Å². The highest BCUT2D eigenvalue weighted by Crippen LogP contribution is 2.29. The van der Waals surface area contributed by atoms with Crippen LogP contribution in [-0.4, -0.2) is 55.2 Å². The molecule has 0 aliphatic carbocycles. The topological polar surface area (TPSA) is 67.9 Å².